The van der Waals surface area contributed by atoms with Crippen molar-refractivity contribution in [2.24, 2.45) is 5.92 Å². The third-order valence-electron chi connectivity index (χ3n) is 5.05. The molecule has 0 aromatic heterocycles. The van der Waals surface area contributed by atoms with Crippen molar-refractivity contribution in [1.82, 2.24) is 4.90 Å². The summed E-state index contributed by atoms with van der Waals surface area (Å²) in [6, 6.07) is 18.4. The Morgan fingerprint density at radius 1 is 1.08 bits per heavy atom. The van der Waals surface area contributed by atoms with Gasteiger partial charge < -0.3 is 9.64 Å². The number of carbonyl (C=O) groups excluding carboxylic acids is 1. The number of Topliss-reactive ketones (excluding diaryl/α,β-unsaturated/α-hetero) is 1. The average molecular weight is 349 g/mol. The van der Waals surface area contributed by atoms with Gasteiger partial charge in [-0.3, -0.25) is 4.79 Å². The van der Waals surface area contributed by atoms with Crippen molar-refractivity contribution in [3.8, 4) is 5.75 Å². The Kier molecular flexibility index (Phi) is 5.89. The Balaban J connectivity index is 1.96. The van der Waals surface area contributed by atoms with E-state index < -0.39 is 0 Å². The Bertz CT molecular complexity index is 780. The molecule has 3 nitrogen and oxygen atoms in total. The molecule has 2 aromatic carbocycles. The highest BCUT2D eigenvalue weighted by molar-refractivity contribution is 6.02. The fourth-order valence-corrected chi connectivity index (χ4v) is 3.84. The molecule has 0 spiro atoms. The first-order chi connectivity index (χ1) is 12.6. The van der Waals surface area contributed by atoms with E-state index >= 15 is 0 Å². The quantitative estimate of drug-likeness (QED) is 0.749. The highest BCUT2D eigenvalue weighted by Crippen LogP contribution is 2.38. The molecule has 0 heterocycles. The van der Waals surface area contributed by atoms with Crippen molar-refractivity contribution >= 4 is 11.9 Å². The number of benzene rings is 2. The first-order valence-corrected chi connectivity index (χ1v) is 9.16. The number of nitrogens with zero attached hydrogens (tertiary/aromatic N) is 1. The minimum Gasteiger partial charge on any atom is -0.496 e. The van der Waals surface area contributed by atoms with Crippen LogP contribution >= 0.6 is 0 Å². The number of carbonyl (C=O) groups is 1. The molecule has 0 saturated heterocycles. The average Bonchev–Trinajstić information content (AvgIpc) is 2.65. The van der Waals surface area contributed by atoms with Crippen molar-refractivity contribution in [2.45, 2.75) is 18.8 Å². The van der Waals surface area contributed by atoms with Gasteiger partial charge >= 0.3 is 0 Å². The van der Waals surface area contributed by atoms with E-state index in [4.69, 9.17) is 4.74 Å². The van der Waals surface area contributed by atoms with Gasteiger partial charge in [-0.25, -0.2) is 0 Å². The predicted octanol–water partition coefficient (Wildman–Crippen LogP) is 4.40. The molecule has 2 unspecified atom stereocenters. The molecule has 0 amide bonds. The van der Waals surface area contributed by atoms with E-state index in [1.807, 2.05) is 50.5 Å². The molecule has 2 aromatic rings. The molecule has 0 N–H and O–H groups in total. The van der Waals surface area contributed by atoms with Gasteiger partial charge in [-0.2, -0.15) is 0 Å². The molecular formula is C23H27NO2. The molecule has 136 valence electrons. The molecule has 3 rings (SSSR count). The number of ether oxygens (including phenoxy) is 1. The summed E-state index contributed by atoms with van der Waals surface area (Å²) in [5.41, 5.74) is 3.19. The van der Waals surface area contributed by atoms with E-state index in [2.05, 4.69) is 29.2 Å². The number of hydrogen-bond acceptors (Lipinski definition) is 3. The maximum absolute atomic E-state index is 13.1. The fraction of sp³-hybridized carbons (Fsp3) is 0.348. The zero-order valence-corrected chi connectivity index (χ0v) is 15.8. The topological polar surface area (TPSA) is 29.5 Å². The number of para-hydroxylation sites is 1. The lowest BCUT2D eigenvalue weighted by molar-refractivity contribution is -0.121. The molecule has 26 heavy (non-hydrogen) atoms. The second-order valence-corrected chi connectivity index (χ2v) is 7.28. The standard InChI is InChI=1S/C23H27NO2/c1-24(2)16-21-15-19(17-9-5-4-6-10-17)14-20(23(21)25)13-18-11-7-8-12-22(18)26-3/h4-13,19,21H,14-16H2,1-3H3. The number of hydrogen-bond donors (Lipinski definition) is 0. The highest BCUT2D eigenvalue weighted by atomic mass is 16.5. The third kappa shape index (κ3) is 4.23. The van der Waals surface area contributed by atoms with Crippen molar-refractivity contribution < 1.29 is 9.53 Å². The maximum atomic E-state index is 13.1. The monoisotopic (exact) mass is 349 g/mol. The second-order valence-electron chi connectivity index (χ2n) is 7.28. The molecule has 0 aliphatic heterocycles. The minimum atomic E-state index is 0.0323. The zero-order chi connectivity index (χ0) is 18.5. The summed E-state index contributed by atoms with van der Waals surface area (Å²) in [4.78, 5) is 15.2. The summed E-state index contributed by atoms with van der Waals surface area (Å²) in [6.07, 6.45) is 3.72. The molecular weight excluding hydrogens is 322 g/mol. The summed E-state index contributed by atoms with van der Waals surface area (Å²) in [6.45, 7) is 0.783. The van der Waals surface area contributed by atoms with Gasteiger partial charge in [0.05, 0.1) is 7.11 Å². The van der Waals surface area contributed by atoms with Gasteiger partial charge in [-0.1, -0.05) is 48.5 Å². The molecule has 0 radical (unpaired) electrons. The lowest BCUT2D eigenvalue weighted by Gasteiger charge is -2.32. The van der Waals surface area contributed by atoms with Gasteiger partial charge in [0.25, 0.3) is 0 Å². The Morgan fingerprint density at radius 2 is 1.77 bits per heavy atom. The van der Waals surface area contributed by atoms with Gasteiger partial charge in [0, 0.05) is 18.0 Å². The van der Waals surface area contributed by atoms with E-state index in [0.29, 0.717) is 5.92 Å². The van der Waals surface area contributed by atoms with Gasteiger partial charge in [-0.15, -0.1) is 0 Å². The molecule has 1 saturated carbocycles. The SMILES string of the molecule is COc1ccccc1C=C1CC(c2ccccc2)CC(CN(C)C)C1=O. The largest absolute Gasteiger partial charge is 0.496 e. The second kappa shape index (κ2) is 8.33. The zero-order valence-electron chi connectivity index (χ0n) is 15.8. The smallest absolute Gasteiger partial charge is 0.163 e. The summed E-state index contributed by atoms with van der Waals surface area (Å²) in [7, 11) is 5.73. The summed E-state index contributed by atoms with van der Waals surface area (Å²) < 4.78 is 5.46. The predicted molar refractivity (Wildman–Crippen MR) is 106 cm³/mol. The van der Waals surface area contributed by atoms with E-state index in [0.717, 1.165) is 36.3 Å². The van der Waals surface area contributed by atoms with E-state index in [9.17, 15) is 4.79 Å². The van der Waals surface area contributed by atoms with Crippen LogP contribution in [0.2, 0.25) is 0 Å². The van der Waals surface area contributed by atoms with Crippen LogP contribution in [-0.4, -0.2) is 38.4 Å². The van der Waals surface area contributed by atoms with E-state index in [1.165, 1.54) is 5.56 Å². The summed E-state index contributed by atoms with van der Waals surface area (Å²) >= 11 is 0. The number of methoxy groups -OCH3 is 1. The van der Waals surface area contributed by atoms with Crippen LogP contribution in [0.15, 0.2) is 60.2 Å². The lowest BCUT2D eigenvalue weighted by atomic mass is 9.74. The number of rotatable bonds is 5. The lowest BCUT2D eigenvalue weighted by Crippen LogP contribution is -2.34. The molecule has 0 bridgehead atoms. The van der Waals surface area contributed by atoms with Gasteiger partial charge in [0.1, 0.15) is 5.75 Å². The van der Waals surface area contributed by atoms with Crippen LogP contribution < -0.4 is 4.74 Å². The van der Waals surface area contributed by atoms with Crippen LogP contribution in [0.25, 0.3) is 6.08 Å². The van der Waals surface area contributed by atoms with Crippen LogP contribution in [0.1, 0.15) is 29.9 Å². The van der Waals surface area contributed by atoms with Crippen molar-refractivity contribution in [3.05, 3.63) is 71.3 Å². The van der Waals surface area contributed by atoms with Crippen molar-refractivity contribution in [3.63, 3.8) is 0 Å². The summed E-state index contributed by atoms with van der Waals surface area (Å²) in [5.74, 6) is 1.49. The Morgan fingerprint density at radius 3 is 2.46 bits per heavy atom. The first-order valence-electron chi connectivity index (χ1n) is 9.16. The van der Waals surface area contributed by atoms with E-state index in [1.54, 1.807) is 7.11 Å². The van der Waals surface area contributed by atoms with Crippen LogP contribution in [0.3, 0.4) is 0 Å². The Hall–Kier alpha value is -2.39. The summed E-state index contributed by atoms with van der Waals surface area (Å²) in [5, 5.41) is 0. The number of allylic oxidation sites excluding steroid dienone is 1. The van der Waals surface area contributed by atoms with Gasteiger partial charge in [0.2, 0.25) is 0 Å². The maximum Gasteiger partial charge on any atom is 0.163 e. The van der Waals surface area contributed by atoms with Crippen LogP contribution in [-0.2, 0) is 4.79 Å². The molecule has 1 fully saturated rings. The third-order valence-corrected chi connectivity index (χ3v) is 5.05. The highest BCUT2D eigenvalue weighted by Gasteiger charge is 2.33. The minimum absolute atomic E-state index is 0.0323. The Labute approximate surface area is 156 Å². The van der Waals surface area contributed by atoms with Crippen LogP contribution in [0.4, 0.5) is 0 Å². The number of ketones is 1. The normalized spacial score (nSPS) is 22.0. The van der Waals surface area contributed by atoms with Crippen molar-refractivity contribution in [2.75, 3.05) is 27.7 Å². The van der Waals surface area contributed by atoms with Crippen LogP contribution in [0.5, 0.6) is 5.75 Å². The van der Waals surface area contributed by atoms with E-state index in [-0.39, 0.29) is 11.7 Å². The first kappa shape index (κ1) is 18.4. The van der Waals surface area contributed by atoms with Crippen LogP contribution in [0, 0.1) is 5.92 Å². The fourth-order valence-electron chi connectivity index (χ4n) is 3.84. The van der Waals surface area contributed by atoms with Gasteiger partial charge in [0.15, 0.2) is 5.78 Å². The van der Waals surface area contributed by atoms with Crippen molar-refractivity contribution in [1.29, 1.82) is 0 Å². The molecule has 1 aliphatic rings. The molecule has 3 heteroatoms. The van der Waals surface area contributed by atoms with Gasteiger partial charge in [-0.05, 0) is 56.1 Å². The molecule has 2 atom stereocenters. The molecule has 1 aliphatic carbocycles.